The van der Waals surface area contributed by atoms with E-state index in [-0.39, 0.29) is 11.1 Å². The third kappa shape index (κ3) is 2.94. The predicted octanol–water partition coefficient (Wildman–Crippen LogP) is 2.27. The van der Waals surface area contributed by atoms with Gasteiger partial charge in [-0.15, -0.1) is 0 Å². The van der Waals surface area contributed by atoms with Crippen LogP contribution in [0.1, 0.15) is 30.4 Å². The number of nitrogens with zero attached hydrogens (tertiary/aromatic N) is 2. The van der Waals surface area contributed by atoms with Crippen LogP contribution in [-0.4, -0.2) is 31.1 Å². The first kappa shape index (κ1) is 14.0. The van der Waals surface area contributed by atoms with Gasteiger partial charge in [0.1, 0.15) is 11.9 Å². The van der Waals surface area contributed by atoms with E-state index in [1.54, 1.807) is 12.1 Å². The number of nitriles is 1. The average Bonchev–Trinajstić information content (AvgIpc) is 2.33. The van der Waals surface area contributed by atoms with Gasteiger partial charge >= 0.3 is 0 Å². The first-order chi connectivity index (χ1) is 9.07. The number of hydrogen-bond acceptors (Lipinski definition) is 3. The highest BCUT2D eigenvalue weighted by Crippen LogP contribution is 2.35. The minimum absolute atomic E-state index is 0.116. The summed E-state index contributed by atoms with van der Waals surface area (Å²) in [5.74, 6) is -0.449. The molecule has 1 fully saturated rings. The van der Waals surface area contributed by atoms with Gasteiger partial charge in [0, 0.05) is 18.6 Å². The van der Waals surface area contributed by atoms with E-state index in [1.165, 1.54) is 25.3 Å². The molecule has 1 N–H and O–H groups in total. The molecule has 1 aromatic carbocycles. The van der Waals surface area contributed by atoms with Gasteiger partial charge in [0.2, 0.25) is 0 Å². The minimum atomic E-state index is -0.449. The van der Waals surface area contributed by atoms with E-state index in [2.05, 4.69) is 24.3 Å². The highest BCUT2D eigenvalue weighted by Gasteiger charge is 2.38. The van der Waals surface area contributed by atoms with Crippen molar-refractivity contribution in [3.05, 3.63) is 35.1 Å². The van der Waals surface area contributed by atoms with Crippen LogP contribution in [0.15, 0.2) is 18.2 Å². The van der Waals surface area contributed by atoms with Gasteiger partial charge in [-0.05, 0) is 51.1 Å². The van der Waals surface area contributed by atoms with Crippen LogP contribution in [0.3, 0.4) is 0 Å². The molecule has 0 radical (unpaired) electrons. The molecule has 102 valence electrons. The fraction of sp³-hybridized carbons (Fsp3) is 0.533. The lowest BCUT2D eigenvalue weighted by Gasteiger charge is -2.47. The fourth-order valence-electron chi connectivity index (χ4n) is 2.57. The number of benzene rings is 1. The molecular formula is C15H20FN3. The number of rotatable bonds is 5. The van der Waals surface area contributed by atoms with Crippen molar-refractivity contribution in [3.8, 4) is 6.07 Å². The number of halogens is 1. The summed E-state index contributed by atoms with van der Waals surface area (Å²) in [5.41, 5.74) is 1.34. The molecule has 0 atom stereocenters. The summed E-state index contributed by atoms with van der Waals surface area (Å²) in [6.07, 6.45) is 3.73. The van der Waals surface area contributed by atoms with Gasteiger partial charge in [0.05, 0.1) is 5.56 Å². The Balaban J connectivity index is 1.91. The Morgan fingerprint density at radius 3 is 2.68 bits per heavy atom. The average molecular weight is 261 g/mol. The summed E-state index contributed by atoms with van der Waals surface area (Å²) in [5, 5.41) is 12.2. The van der Waals surface area contributed by atoms with Gasteiger partial charge in [0.15, 0.2) is 0 Å². The van der Waals surface area contributed by atoms with Gasteiger partial charge in [-0.25, -0.2) is 4.39 Å². The van der Waals surface area contributed by atoms with Crippen LogP contribution < -0.4 is 5.32 Å². The maximum Gasteiger partial charge on any atom is 0.140 e. The second kappa shape index (κ2) is 5.68. The second-order valence-electron chi connectivity index (χ2n) is 5.50. The molecule has 1 saturated carbocycles. The molecule has 19 heavy (non-hydrogen) atoms. The van der Waals surface area contributed by atoms with Crippen molar-refractivity contribution < 1.29 is 4.39 Å². The number of hydrogen-bond donors (Lipinski definition) is 1. The van der Waals surface area contributed by atoms with Crippen LogP contribution in [0.4, 0.5) is 4.39 Å². The lowest BCUT2D eigenvalue weighted by Crippen LogP contribution is -2.56. The summed E-state index contributed by atoms with van der Waals surface area (Å²) >= 11 is 0. The van der Waals surface area contributed by atoms with Crippen LogP contribution in [0.25, 0.3) is 0 Å². The monoisotopic (exact) mass is 261 g/mol. The summed E-state index contributed by atoms with van der Waals surface area (Å²) in [4.78, 5) is 2.29. The molecule has 0 spiro atoms. The molecule has 0 aliphatic heterocycles. The Morgan fingerprint density at radius 1 is 1.42 bits per heavy atom. The second-order valence-corrected chi connectivity index (χ2v) is 5.50. The summed E-state index contributed by atoms with van der Waals surface area (Å²) in [7, 11) is 4.24. The molecule has 0 heterocycles. The third-order valence-electron chi connectivity index (χ3n) is 4.17. The maximum atomic E-state index is 13.2. The van der Waals surface area contributed by atoms with Crippen molar-refractivity contribution in [1.29, 1.82) is 5.26 Å². The van der Waals surface area contributed by atoms with Crippen molar-refractivity contribution in [3.63, 3.8) is 0 Å². The quantitative estimate of drug-likeness (QED) is 0.883. The lowest BCUT2D eigenvalue weighted by atomic mass is 9.75. The number of likely N-dealkylation sites (N-methyl/N-ethyl adjacent to an activating group) is 1. The largest absolute Gasteiger partial charge is 0.311 e. The van der Waals surface area contributed by atoms with Gasteiger partial charge < -0.3 is 10.2 Å². The van der Waals surface area contributed by atoms with E-state index in [9.17, 15) is 4.39 Å². The van der Waals surface area contributed by atoms with Crippen LogP contribution >= 0.6 is 0 Å². The molecule has 1 aliphatic carbocycles. The molecule has 1 aromatic rings. The highest BCUT2D eigenvalue weighted by molar-refractivity contribution is 5.34. The topological polar surface area (TPSA) is 39.1 Å². The zero-order valence-corrected chi connectivity index (χ0v) is 11.5. The van der Waals surface area contributed by atoms with Crippen molar-refractivity contribution in [2.75, 3.05) is 20.6 Å². The van der Waals surface area contributed by atoms with Crippen molar-refractivity contribution >= 4 is 0 Å². The predicted molar refractivity (Wildman–Crippen MR) is 73.1 cm³/mol. The zero-order valence-electron chi connectivity index (χ0n) is 11.5. The van der Waals surface area contributed by atoms with E-state index < -0.39 is 5.82 Å². The van der Waals surface area contributed by atoms with Crippen LogP contribution in [0, 0.1) is 17.1 Å². The molecule has 0 unspecified atom stereocenters. The van der Waals surface area contributed by atoms with Gasteiger partial charge in [-0.3, -0.25) is 0 Å². The fourth-order valence-corrected chi connectivity index (χ4v) is 2.57. The zero-order chi connectivity index (χ0) is 13.9. The highest BCUT2D eigenvalue weighted by atomic mass is 19.1. The Hall–Kier alpha value is -1.44. The Morgan fingerprint density at radius 2 is 2.16 bits per heavy atom. The van der Waals surface area contributed by atoms with Crippen LogP contribution in [0.2, 0.25) is 0 Å². The van der Waals surface area contributed by atoms with Crippen LogP contribution in [0.5, 0.6) is 0 Å². The summed E-state index contributed by atoms with van der Waals surface area (Å²) < 4.78 is 13.2. The Labute approximate surface area is 114 Å². The molecule has 2 rings (SSSR count). The molecule has 0 aromatic heterocycles. The van der Waals surface area contributed by atoms with E-state index in [0.29, 0.717) is 6.54 Å². The Kier molecular flexibility index (Phi) is 4.18. The molecule has 0 saturated heterocycles. The first-order valence-electron chi connectivity index (χ1n) is 6.64. The normalized spacial score (nSPS) is 17.0. The van der Waals surface area contributed by atoms with Crippen molar-refractivity contribution in [1.82, 2.24) is 10.2 Å². The van der Waals surface area contributed by atoms with Gasteiger partial charge in [0.25, 0.3) is 0 Å². The lowest BCUT2D eigenvalue weighted by molar-refractivity contribution is 0.0598. The number of nitrogens with one attached hydrogen (secondary N) is 1. The van der Waals surface area contributed by atoms with Crippen molar-refractivity contribution in [2.45, 2.75) is 31.3 Å². The standard InChI is InChI=1S/C15H20FN3/c1-19(2)15(6-3-7-15)11-18-10-12-4-5-14(16)13(8-12)9-17/h4-5,8,18H,3,6-7,10-11H2,1-2H3. The van der Waals surface area contributed by atoms with E-state index in [4.69, 9.17) is 5.26 Å². The van der Waals surface area contributed by atoms with E-state index in [0.717, 1.165) is 12.1 Å². The molecule has 0 amide bonds. The first-order valence-corrected chi connectivity index (χ1v) is 6.64. The molecular weight excluding hydrogens is 241 g/mol. The minimum Gasteiger partial charge on any atom is -0.311 e. The maximum absolute atomic E-state index is 13.2. The van der Waals surface area contributed by atoms with Gasteiger partial charge in [-0.1, -0.05) is 6.07 Å². The van der Waals surface area contributed by atoms with Crippen LogP contribution in [-0.2, 0) is 6.54 Å². The van der Waals surface area contributed by atoms with E-state index in [1.807, 2.05) is 6.07 Å². The molecule has 0 bridgehead atoms. The van der Waals surface area contributed by atoms with E-state index >= 15 is 0 Å². The molecule has 3 nitrogen and oxygen atoms in total. The van der Waals surface area contributed by atoms with Crippen molar-refractivity contribution in [2.24, 2.45) is 0 Å². The molecule has 4 heteroatoms. The summed E-state index contributed by atoms with van der Waals surface area (Å²) in [6, 6.07) is 6.58. The molecule has 1 aliphatic rings. The van der Waals surface area contributed by atoms with Gasteiger partial charge in [-0.2, -0.15) is 5.26 Å². The third-order valence-corrected chi connectivity index (χ3v) is 4.17. The smallest absolute Gasteiger partial charge is 0.140 e. The SMILES string of the molecule is CN(C)C1(CNCc2ccc(F)c(C#N)c2)CCC1. The Bertz CT molecular complexity index is 487. The summed E-state index contributed by atoms with van der Waals surface area (Å²) in [6.45, 7) is 1.60.